The number of nitrogens with one attached hydrogen (secondary N) is 1. The van der Waals surface area contributed by atoms with Gasteiger partial charge in [-0.2, -0.15) is 0 Å². The van der Waals surface area contributed by atoms with Crippen molar-refractivity contribution in [2.24, 2.45) is 5.73 Å². The van der Waals surface area contributed by atoms with Crippen LogP contribution in [0, 0.1) is 5.82 Å². The van der Waals surface area contributed by atoms with E-state index in [1.54, 1.807) is 12.3 Å². The zero-order valence-electron chi connectivity index (χ0n) is 8.03. The number of aromatic nitrogens is 1. The van der Waals surface area contributed by atoms with E-state index in [4.69, 9.17) is 5.73 Å². The van der Waals surface area contributed by atoms with Crippen LogP contribution >= 0.6 is 0 Å². The summed E-state index contributed by atoms with van der Waals surface area (Å²) in [4.78, 5) is 13.4. The SMILES string of the molecule is N[C@@H](C=O)Cc1c[nH]c2cc(F)ccc12. The Kier molecular flexibility index (Phi) is 2.51. The van der Waals surface area contributed by atoms with Crippen LogP contribution in [-0.4, -0.2) is 17.3 Å². The first kappa shape index (κ1) is 9.86. The Balaban J connectivity index is 2.40. The maximum atomic E-state index is 12.9. The van der Waals surface area contributed by atoms with E-state index in [9.17, 15) is 9.18 Å². The number of carbonyl (C=O) groups excluding carboxylic acids is 1. The van der Waals surface area contributed by atoms with E-state index in [0.29, 0.717) is 12.7 Å². The Labute approximate surface area is 86.1 Å². The van der Waals surface area contributed by atoms with Crippen molar-refractivity contribution in [3.05, 3.63) is 35.8 Å². The minimum atomic E-state index is -0.506. The molecule has 3 nitrogen and oxygen atoms in total. The van der Waals surface area contributed by atoms with Crippen molar-refractivity contribution < 1.29 is 9.18 Å². The molecule has 0 aliphatic heterocycles. The van der Waals surface area contributed by atoms with E-state index in [1.807, 2.05) is 0 Å². The van der Waals surface area contributed by atoms with Crippen LogP contribution in [0.5, 0.6) is 0 Å². The number of hydrogen-bond donors (Lipinski definition) is 2. The number of aromatic amines is 1. The molecular weight excluding hydrogens is 195 g/mol. The topological polar surface area (TPSA) is 58.9 Å². The normalized spacial score (nSPS) is 12.9. The van der Waals surface area contributed by atoms with E-state index in [2.05, 4.69) is 4.98 Å². The van der Waals surface area contributed by atoms with Gasteiger partial charge in [0.05, 0.1) is 6.04 Å². The fraction of sp³-hybridized carbons (Fsp3) is 0.182. The summed E-state index contributed by atoms with van der Waals surface area (Å²) in [5.41, 5.74) is 7.19. The lowest BCUT2D eigenvalue weighted by molar-refractivity contribution is -0.108. The largest absolute Gasteiger partial charge is 0.361 e. The van der Waals surface area contributed by atoms with Crippen LogP contribution in [-0.2, 0) is 11.2 Å². The summed E-state index contributed by atoms with van der Waals surface area (Å²) in [6.07, 6.45) is 2.94. The number of nitrogens with two attached hydrogens (primary N) is 1. The molecule has 0 fully saturated rings. The molecule has 1 aromatic heterocycles. The molecule has 2 aromatic rings. The van der Waals surface area contributed by atoms with E-state index < -0.39 is 6.04 Å². The van der Waals surface area contributed by atoms with Crippen LogP contribution in [0.15, 0.2) is 24.4 Å². The van der Waals surface area contributed by atoms with E-state index in [-0.39, 0.29) is 5.82 Å². The van der Waals surface area contributed by atoms with Gasteiger partial charge in [-0.1, -0.05) is 0 Å². The van der Waals surface area contributed by atoms with Gasteiger partial charge in [0, 0.05) is 17.1 Å². The molecule has 78 valence electrons. The number of halogens is 1. The molecule has 1 atom stereocenters. The second-order valence-electron chi connectivity index (χ2n) is 3.51. The molecule has 15 heavy (non-hydrogen) atoms. The second kappa shape index (κ2) is 3.82. The Hall–Kier alpha value is -1.68. The average molecular weight is 206 g/mol. The number of carbonyl (C=O) groups is 1. The molecule has 0 spiro atoms. The number of rotatable bonds is 3. The number of aldehydes is 1. The third-order valence-corrected chi connectivity index (χ3v) is 2.36. The lowest BCUT2D eigenvalue weighted by Crippen LogP contribution is -2.23. The Morgan fingerprint density at radius 2 is 2.33 bits per heavy atom. The average Bonchev–Trinajstić information content (AvgIpc) is 2.60. The second-order valence-corrected chi connectivity index (χ2v) is 3.51. The van der Waals surface area contributed by atoms with Gasteiger partial charge in [-0.15, -0.1) is 0 Å². The summed E-state index contributed by atoms with van der Waals surface area (Å²) in [6.45, 7) is 0. The van der Waals surface area contributed by atoms with Crippen LogP contribution < -0.4 is 5.73 Å². The monoisotopic (exact) mass is 206 g/mol. The Bertz CT molecular complexity index is 492. The van der Waals surface area contributed by atoms with Crippen LogP contribution in [0.25, 0.3) is 10.9 Å². The molecule has 0 unspecified atom stereocenters. The number of fused-ring (bicyclic) bond motifs is 1. The molecule has 3 N–H and O–H groups in total. The van der Waals surface area contributed by atoms with Gasteiger partial charge in [0.2, 0.25) is 0 Å². The van der Waals surface area contributed by atoms with Gasteiger partial charge in [0.25, 0.3) is 0 Å². The predicted octanol–water partition coefficient (Wildman–Crippen LogP) is 1.38. The summed E-state index contributed by atoms with van der Waals surface area (Å²) < 4.78 is 12.9. The molecular formula is C11H11FN2O. The highest BCUT2D eigenvalue weighted by Gasteiger charge is 2.08. The van der Waals surface area contributed by atoms with Gasteiger partial charge in [0.15, 0.2) is 0 Å². The van der Waals surface area contributed by atoms with Gasteiger partial charge < -0.3 is 15.5 Å². The number of hydrogen-bond acceptors (Lipinski definition) is 2. The lowest BCUT2D eigenvalue weighted by atomic mass is 10.1. The maximum absolute atomic E-state index is 12.9. The first-order valence-electron chi connectivity index (χ1n) is 4.67. The van der Waals surface area contributed by atoms with Crippen LogP contribution in [0.2, 0.25) is 0 Å². The Morgan fingerprint density at radius 3 is 3.07 bits per heavy atom. The first-order chi connectivity index (χ1) is 7.20. The molecule has 1 heterocycles. The van der Waals surface area contributed by atoms with Gasteiger partial charge in [-0.3, -0.25) is 0 Å². The first-order valence-corrected chi connectivity index (χ1v) is 4.67. The van der Waals surface area contributed by atoms with Crippen molar-refractivity contribution in [2.75, 3.05) is 0 Å². The molecule has 0 aliphatic rings. The third kappa shape index (κ3) is 1.89. The molecule has 2 rings (SSSR count). The molecule has 0 radical (unpaired) electrons. The van der Waals surface area contributed by atoms with Crippen molar-refractivity contribution in [1.82, 2.24) is 4.98 Å². The highest BCUT2D eigenvalue weighted by atomic mass is 19.1. The summed E-state index contributed by atoms with van der Waals surface area (Å²) in [5, 5.41) is 0.911. The highest BCUT2D eigenvalue weighted by Crippen LogP contribution is 2.19. The van der Waals surface area contributed by atoms with Gasteiger partial charge in [0.1, 0.15) is 12.1 Å². The molecule has 0 saturated heterocycles. The predicted molar refractivity (Wildman–Crippen MR) is 56.0 cm³/mol. The molecule has 1 aromatic carbocycles. The maximum Gasteiger partial charge on any atom is 0.137 e. The zero-order valence-corrected chi connectivity index (χ0v) is 8.03. The van der Waals surface area contributed by atoms with E-state index >= 15 is 0 Å². The third-order valence-electron chi connectivity index (χ3n) is 2.36. The standard InChI is InChI=1S/C11H11FN2O/c12-8-1-2-10-7(3-9(13)6-15)5-14-11(10)4-8/h1-2,4-6,9,14H,3,13H2/t9-/m1/s1. The van der Waals surface area contributed by atoms with Crippen molar-refractivity contribution in [2.45, 2.75) is 12.5 Å². The smallest absolute Gasteiger partial charge is 0.137 e. The summed E-state index contributed by atoms with van der Waals surface area (Å²) >= 11 is 0. The minimum Gasteiger partial charge on any atom is -0.361 e. The number of benzene rings is 1. The van der Waals surface area contributed by atoms with Gasteiger partial charge in [-0.25, -0.2) is 4.39 Å². The summed E-state index contributed by atoms with van der Waals surface area (Å²) in [5.74, 6) is -0.282. The zero-order chi connectivity index (χ0) is 10.8. The summed E-state index contributed by atoms with van der Waals surface area (Å²) in [7, 11) is 0. The quantitative estimate of drug-likeness (QED) is 0.745. The molecule has 4 heteroatoms. The van der Waals surface area contributed by atoms with Crippen LogP contribution in [0.1, 0.15) is 5.56 Å². The molecule has 0 bridgehead atoms. The fourth-order valence-corrected chi connectivity index (χ4v) is 1.63. The number of H-pyrrole nitrogens is 1. The van der Waals surface area contributed by atoms with Crippen molar-refractivity contribution in [3.63, 3.8) is 0 Å². The fourth-order valence-electron chi connectivity index (χ4n) is 1.63. The molecule has 0 saturated carbocycles. The van der Waals surface area contributed by atoms with Crippen LogP contribution in [0.4, 0.5) is 4.39 Å². The summed E-state index contributed by atoms with van der Waals surface area (Å²) in [6, 6.07) is 4.00. The lowest BCUT2D eigenvalue weighted by Gasteiger charge is -2.01. The minimum absolute atomic E-state index is 0.282. The van der Waals surface area contributed by atoms with Gasteiger partial charge >= 0.3 is 0 Å². The van der Waals surface area contributed by atoms with Crippen LogP contribution in [0.3, 0.4) is 0 Å². The molecule has 0 amide bonds. The van der Waals surface area contributed by atoms with E-state index in [1.165, 1.54) is 12.1 Å². The van der Waals surface area contributed by atoms with Crippen molar-refractivity contribution in [3.8, 4) is 0 Å². The van der Waals surface area contributed by atoms with Crippen molar-refractivity contribution >= 4 is 17.2 Å². The van der Waals surface area contributed by atoms with Crippen molar-refractivity contribution in [1.29, 1.82) is 0 Å². The van der Waals surface area contributed by atoms with E-state index in [0.717, 1.165) is 16.5 Å². The van der Waals surface area contributed by atoms with Gasteiger partial charge in [-0.05, 0) is 30.2 Å². The highest BCUT2D eigenvalue weighted by molar-refractivity contribution is 5.83. The Morgan fingerprint density at radius 1 is 1.53 bits per heavy atom. The molecule has 0 aliphatic carbocycles.